The number of nitrogens with zero attached hydrogens (tertiary/aromatic N) is 2. The fourth-order valence-corrected chi connectivity index (χ4v) is 8.80. The molecule has 2 aliphatic carbocycles. The predicted molar refractivity (Wildman–Crippen MR) is 191 cm³/mol. The average Bonchev–Trinajstić information content (AvgIpc) is 3.74. The smallest absolute Gasteiger partial charge is 0.408 e. The van der Waals surface area contributed by atoms with Crippen LogP contribution < -0.4 is 15.6 Å². The van der Waals surface area contributed by atoms with E-state index in [4.69, 9.17) is 9.47 Å². The number of alkyl halides is 2. The number of rotatable bonds is 15. The van der Waals surface area contributed by atoms with Gasteiger partial charge in [0, 0.05) is 19.0 Å². The zero-order valence-electron chi connectivity index (χ0n) is 30.7. The van der Waals surface area contributed by atoms with Crippen LogP contribution in [0, 0.1) is 17.3 Å². The highest BCUT2D eigenvalue weighted by Crippen LogP contribution is 2.41. The third kappa shape index (κ3) is 9.46. The summed E-state index contributed by atoms with van der Waals surface area (Å²) in [5.74, 6) is -3.03. The van der Waals surface area contributed by atoms with E-state index in [1.165, 1.54) is 26.5 Å². The van der Waals surface area contributed by atoms with E-state index in [9.17, 15) is 19.2 Å². The van der Waals surface area contributed by atoms with Gasteiger partial charge in [-0.3, -0.25) is 14.4 Å². The van der Waals surface area contributed by atoms with Crippen molar-refractivity contribution < 1.29 is 32.6 Å². The van der Waals surface area contributed by atoms with E-state index >= 15 is 8.78 Å². The van der Waals surface area contributed by atoms with Gasteiger partial charge >= 0.3 is 6.09 Å². The number of aromatic amines is 1. The second-order valence-electron chi connectivity index (χ2n) is 15.5. The van der Waals surface area contributed by atoms with Crippen molar-refractivity contribution in [3.05, 3.63) is 34.2 Å². The van der Waals surface area contributed by atoms with Crippen LogP contribution in [0.5, 0.6) is 5.75 Å². The van der Waals surface area contributed by atoms with Gasteiger partial charge in [-0.2, -0.15) is 8.78 Å². The van der Waals surface area contributed by atoms with Crippen molar-refractivity contribution in [3.8, 4) is 5.75 Å². The molecule has 0 radical (unpaired) electrons. The molecule has 10 nitrogen and oxygen atoms in total. The van der Waals surface area contributed by atoms with Crippen LogP contribution in [0.2, 0.25) is 0 Å². The molecule has 2 amide bonds. The van der Waals surface area contributed by atoms with Gasteiger partial charge in [-0.15, -0.1) is 0 Å². The number of benzene rings is 1. The lowest BCUT2D eigenvalue weighted by molar-refractivity contribution is -0.139. The Morgan fingerprint density at radius 1 is 1.10 bits per heavy atom. The number of unbranched alkanes of at least 4 members (excludes halogenated alkanes) is 1. The summed E-state index contributed by atoms with van der Waals surface area (Å²) in [4.78, 5) is 60.8. The lowest BCUT2D eigenvalue weighted by Crippen LogP contribution is -2.53. The Morgan fingerprint density at radius 3 is 2.57 bits per heavy atom. The van der Waals surface area contributed by atoms with E-state index < -0.39 is 41.8 Å². The molecule has 3 fully saturated rings. The number of ether oxygens (including phenoxy) is 2. The third-order valence-electron chi connectivity index (χ3n) is 11.8. The average molecular weight is 715 g/mol. The quantitative estimate of drug-likeness (QED) is 0.180. The molecule has 1 aromatic heterocycles. The summed E-state index contributed by atoms with van der Waals surface area (Å²) in [6.45, 7) is 6.34. The van der Waals surface area contributed by atoms with Gasteiger partial charge in [0.25, 0.3) is 11.5 Å². The number of Topliss-reactive ketones (excluding diaryl/α,β-unsaturated/α-hetero) is 1. The molecule has 0 bridgehead atoms. The maximum Gasteiger partial charge on any atom is 0.408 e. The second-order valence-corrected chi connectivity index (χ2v) is 15.5. The Bertz CT molecular complexity index is 1590. The van der Waals surface area contributed by atoms with E-state index in [1.54, 1.807) is 17.0 Å². The topological polar surface area (TPSA) is 131 Å². The molecule has 2 unspecified atom stereocenters. The van der Waals surface area contributed by atoms with Crippen LogP contribution in [-0.2, 0) is 20.2 Å². The third-order valence-corrected chi connectivity index (χ3v) is 11.8. The maximum absolute atomic E-state index is 15.2. The number of ketones is 1. The molecule has 3 aliphatic rings. The molecule has 2 aromatic rings. The number of likely N-dealkylation sites (tertiary alicyclic amines) is 1. The number of carbonyl (C=O) groups is 3. The largest absolute Gasteiger partial charge is 0.497 e. The van der Waals surface area contributed by atoms with Crippen LogP contribution >= 0.6 is 0 Å². The van der Waals surface area contributed by atoms with Gasteiger partial charge < -0.3 is 24.7 Å². The second kappa shape index (κ2) is 16.8. The summed E-state index contributed by atoms with van der Waals surface area (Å²) < 4.78 is 41.5. The number of nitrogens with one attached hydrogen (secondary N) is 2. The summed E-state index contributed by atoms with van der Waals surface area (Å²) in [5.41, 5.74) is -1.03. The van der Waals surface area contributed by atoms with Crippen molar-refractivity contribution in [2.75, 3.05) is 13.7 Å². The summed E-state index contributed by atoms with van der Waals surface area (Å²) >= 11 is 0. The van der Waals surface area contributed by atoms with Crippen molar-refractivity contribution in [2.24, 2.45) is 17.3 Å². The number of hydrogen-bond acceptors (Lipinski definition) is 7. The first-order valence-corrected chi connectivity index (χ1v) is 19.1. The van der Waals surface area contributed by atoms with E-state index in [1.807, 2.05) is 6.92 Å². The lowest BCUT2D eigenvalue weighted by atomic mass is 9.72. The zero-order chi connectivity index (χ0) is 36.8. The van der Waals surface area contributed by atoms with Gasteiger partial charge in [0.1, 0.15) is 17.9 Å². The molecule has 5 rings (SSSR count). The molecule has 5 atom stereocenters. The first kappa shape index (κ1) is 38.7. The fraction of sp³-hybridized carbons (Fsp3) is 0.718. The molecule has 2 N–H and O–H groups in total. The monoisotopic (exact) mass is 714 g/mol. The number of aromatic nitrogens is 2. The van der Waals surface area contributed by atoms with Gasteiger partial charge in [0.15, 0.2) is 11.5 Å². The molecule has 1 aromatic carbocycles. The van der Waals surface area contributed by atoms with Gasteiger partial charge in [0.05, 0.1) is 24.2 Å². The molecule has 1 aliphatic heterocycles. The molecule has 51 heavy (non-hydrogen) atoms. The van der Waals surface area contributed by atoms with Gasteiger partial charge in [-0.25, -0.2) is 9.78 Å². The van der Waals surface area contributed by atoms with Gasteiger partial charge in [0.2, 0.25) is 5.91 Å². The Kier molecular flexibility index (Phi) is 12.8. The number of methoxy groups -OCH3 is 1. The van der Waals surface area contributed by atoms with Crippen LogP contribution in [0.3, 0.4) is 0 Å². The molecule has 2 heterocycles. The minimum atomic E-state index is -3.41. The van der Waals surface area contributed by atoms with Crippen molar-refractivity contribution in [1.29, 1.82) is 0 Å². The van der Waals surface area contributed by atoms with Crippen LogP contribution in [0.1, 0.15) is 129 Å². The van der Waals surface area contributed by atoms with Crippen LogP contribution in [0.25, 0.3) is 11.0 Å². The van der Waals surface area contributed by atoms with Gasteiger partial charge in [-0.1, -0.05) is 46.0 Å². The highest BCUT2D eigenvalue weighted by molar-refractivity contribution is 5.92. The highest BCUT2D eigenvalue weighted by Gasteiger charge is 2.43. The van der Waals surface area contributed by atoms with E-state index in [0.717, 1.165) is 57.8 Å². The summed E-state index contributed by atoms with van der Waals surface area (Å²) in [7, 11) is 1.48. The van der Waals surface area contributed by atoms with Crippen molar-refractivity contribution >= 4 is 28.8 Å². The molecule has 282 valence electrons. The van der Waals surface area contributed by atoms with Gasteiger partial charge in [-0.05, 0) is 101 Å². The standard InChI is InChI=1S/C39H56F2N4O6/c1-5-26-18-23-45(33(26)25(2)46)36(48)30(17-22-38(3)19-8-6-9-20-38)44-37(49)51-32-14-11-13-27(32)12-7-10-21-39(40,41)34-35(47)43-31-24-28(50-4)15-16-29(31)42-34/h15-16,24,26-27,30,32-33H,5-14,17-23H2,1-4H3,(H,43,47)(H,44,49)/t26-,27-,30?,32?,33-/m1/s1. The predicted octanol–water partition coefficient (Wildman–Crippen LogP) is 7.81. The molecular formula is C39H56F2N4O6. The molecule has 2 saturated carbocycles. The van der Waals surface area contributed by atoms with Crippen molar-refractivity contribution in [2.45, 2.75) is 148 Å². The summed E-state index contributed by atoms with van der Waals surface area (Å²) in [6.07, 6.45) is 10.6. The Balaban J connectivity index is 1.17. The molecule has 12 heteroatoms. The first-order chi connectivity index (χ1) is 24.3. The number of fused-ring (bicyclic) bond motifs is 1. The minimum Gasteiger partial charge on any atom is -0.497 e. The van der Waals surface area contributed by atoms with Crippen LogP contribution in [0.4, 0.5) is 13.6 Å². The summed E-state index contributed by atoms with van der Waals surface area (Å²) in [6, 6.07) is 3.42. The van der Waals surface area contributed by atoms with Crippen LogP contribution in [0.15, 0.2) is 23.0 Å². The number of hydrogen-bond donors (Lipinski definition) is 2. The Labute approximate surface area is 299 Å². The molecule has 1 saturated heterocycles. The zero-order valence-corrected chi connectivity index (χ0v) is 30.7. The van der Waals surface area contributed by atoms with E-state index in [-0.39, 0.29) is 47.0 Å². The first-order valence-electron chi connectivity index (χ1n) is 19.1. The van der Waals surface area contributed by atoms with E-state index in [2.05, 4.69) is 22.2 Å². The maximum atomic E-state index is 15.2. The lowest BCUT2D eigenvalue weighted by Gasteiger charge is -2.36. The normalized spacial score (nSPS) is 24.0. The number of carbonyl (C=O) groups excluding carboxylic acids is 3. The fourth-order valence-electron chi connectivity index (χ4n) is 8.80. The Morgan fingerprint density at radius 2 is 1.86 bits per heavy atom. The van der Waals surface area contributed by atoms with Crippen molar-refractivity contribution in [3.63, 3.8) is 0 Å². The summed E-state index contributed by atoms with van der Waals surface area (Å²) in [5, 5.41) is 2.91. The van der Waals surface area contributed by atoms with Crippen molar-refractivity contribution in [1.82, 2.24) is 20.2 Å². The number of H-pyrrole nitrogens is 1. The minimum absolute atomic E-state index is 0.0165. The highest BCUT2D eigenvalue weighted by atomic mass is 19.3. The SMILES string of the molecule is CC[C@@H]1CCN(C(=O)C(CCC2(C)CCCCC2)NC(=O)OC2CCC[C@H]2CCCCC(F)(F)c2nc3ccc(OC)cc3[nH]c2=O)[C@@H]1C(C)=O. The number of alkyl carbamates (subject to hydrolysis) is 1. The molecule has 0 spiro atoms. The van der Waals surface area contributed by atoms with Crippen LogP contribution in [-0.4, -0.2) is 64.5 Å². The molecular weight excluding hydrogens is 658 g/mol. The van der Waals surface area contributed by atoms with E-state index in [0.29, 0.717) is 43.5 Å². The number of halogens is 2. The number of amides is 2. The Hall–Kier alpha value is -3.57.